The summed E-state index contributed by atoms with van der Waals surface area (Å²) >= 11 is 0. The molecule has 3 heterocycles. The number of piperidine rings is 1. The number of benzene rings is 1. The topological polar surface area (TPSA) is 120 Å². The number of hydrogen-bond donors (Lipinski definition) is 2. The Morgan fingerprint density at radius 1 is 1.31 bits per heavy atom. The number of aliphatic imine (C=N–C) groups is 1. The van der Waals surface area contributed by atoms with Gasteiger partial charge >= 0.3 is 0 Å². The van der Waals surface area contributed by atoms with Crippen molar-refractivity contribution < 1.29 is 9.53 Å². The number of carbonyl (C=O) groups excluding carboxylic acids is 1. The normalized spacial score (nSPS) is 21.6. The van der Waals surface area contributed by atoms with Crippen LogP contribution in [0.5, 0.6) is 0 Å². The number of ether oxygens (including phenoxy) is 1. The molecule has 0 aliphatic carbocycles. The Hall–Kier alpha value is -3.00. The van der Waals surface area contributed by atoms with E-state index in [1.165, 1.54) is 0 Å². The molecule has 1 aromatic carbocycles. The average Bonchev–Trinajstić information content (AvgIpc) is 2.73. The molecule has 2 aliphatic rings. The first-order valence-corrected chi connectivity index (χ1v) is 9.93. The number of fused-ring (bicyclic) bond motifs is 1. The number of rotatable bonds is 2. The second-order valence-corrected chi connectivity index (χ2v) is 7.47. The summed E-state index contributed by atoms with van der Waals surface area (Å²) < 4.78 is 5.46. The number of aromatic nitrogens is 2. The highest BCUT2D eigenvalue weighted by molar-refractivity contribution is 6.09. The van der Waals surface area contributed by atoms with Crippen molar-refractivity contribution >= 4 is 34.2 Å². The average molecular weight is 394 g/mol. The zero-order valence-corrected chi connectivity index (χ0v) is 16.6. The maximum Gasteiger partial charge on any atom is 0.220 e. The Balaban J connectivity index is 1.80. The van der Waals surface area contributed by atoms with Gasteiger partial charge in [-0.3, -0.25) is 9.79 Å². The van der Waals surface area contributed by atoms with Crippen LogP contribution in [0.3, 0.4) is 0 Å². The van der Waals surface area contributed by atoms with Crippen LogP contribution in [0.1, 0.15) is 31.7 Å². The number of likely N-dealkylation sites (tertiary alicyclic amines) is 1. The Kier molecular flexibility index (Phi) is 5.44. The molecule has 0 spiro atoms. The summed E-state index contributed by atoms with van der Waals surface area (Å²) in [6.45, 7) is 4.16. The summed E-state index contributed by atoms with van der Waals surface area (Å²) in [5.41, 5.74) is 16.5. The quantitative estimate of drug-likeness (QED) is 0.801. The van der Waals surface area contributed by atoms with Crippen molar-refractivity contribution in [3.05, 3.63) is 35.5 Å². The molecule has 0 radical (unpaired) electrons. The molecule has 0 bridgehead atoms. The fourth-order valence-corrected chi connectivity index (χ4v) is 3.91. The third kappa shape index (κ3) is 4.07. The molecule has 0 atom stereocenters. The first kappa shape index (κ1) is 19.3. The van der Waals surface area contributed by atoms with E-state index in [4.69, 9.17) is 21.2 Å². The molecule has 4 N–H and O–H groups in total. The number of nitrogens with zero attached hydrogens (tertiary/aromatic N) is 4. The minimum absolute atomic E-state index is 0.0365. The minimum atomic E-state index is 0.0365. The van der Waals surface area contributed by atoms with Crippen molar-refractivity contribution in [3.8, 4) is 0 Å². The van der Waals surface area contributed by atoms with Gasteiger partial charge in [-0.2, -0.15) is 0 Å². The van der Waals surface area contributed by atoms with Gasteiger partial charge in [0.1, 0.15) is 0 Å². The molecular weight excluding hydrogens is 368 g/mol. The van der Waals surface area contributed by atoms with Crippen molar-refractivity contribution in [2.45, 2.75) is 32.2 Å². The van der Waals surface area contributed by atoms with E-state index >= 15 is 0 Å². The van der Waals surface area contributed by atoms with E-state index in [1.807, 2.05) is 23.1 Å². The lowest BCUT2D eigenvalue weighted by atomic mass is 9.94. The predicted octanol–water partition coefficient (Wildman–Crippen LogP) is 1.75. The molecular formula is C21H26N6O2. The van der Waals surface area contributed by atoms with Crippen LogP contribution in [0.2, 0.25) is 0 Å². The van der Waals surface area contributed by atoms with Gasteiger partial charge in [0.15, 0.2) is 0 Å². The van der Waals surface area contributed by atoms with Crippen LogP contribution in [0.4, 0.5) is 5.95 Å². The third-order valence-corrected chi connectivity index (χ3v) is 5.55. The van der Waals surface area contributed by atoms with Gasteiger partial charge in [-0.05, 0) is 18.9 Å². The Morgan fingerprint density at radius 3 is 2.86 bits per heavy atom. The molecule has 152 valence electrons. The van der Waals surface area contributed by atoms with Gasteiger partial charge in [-0.25, -0.2) is 9.97 Å². The zero-order valence-electron chi connectivity index (χ0n) is 16.6. The van der Waals surface area contributed by atoms with E-state index in [9.17, 15) is 4.79 Å². The number of amides is 1. The molecule has 1 aromatic heterocycles. The second kappa shape index (κ2) is 8.16. The molecule has 4 rings (SSSR count). The Morgan fingerprint density at radius 2 is 2.10 bits per heavy atom. The first-order valence-electron chi connectivity index (χ1n) is 9.93. The van der Waals surface area contributed by atoms with Crippen LogP contribution in [0.25, 0.3) is 16.6 Å². The second-order valence-electron chi connectivity index (χ2n) is 7.47. The Labute approximate surface area is 169 Å². The van der Waals surface area contributed by atoms with Crippen molar-refractivity contribution in [1.29, 1.82) is 0 Å². The smallest absolute Gasteiger partial charge is 0.220 e. The summed E-state index contributed by atoms with van der Waals surface area (Å²) in [6, 6.07) is 5.97. The molecule has 0 saturated carbocycles. The van der Waals surface area contributed by atoms with Crippen molar-refractivity contribution in [2.75, 3.05) is 32.0 Å². The van der Waals surface area contributed by atoms with Crippen LogP contribution in [0.15, 0.2) is 35.0 Å². The maximum atomic E-state index is 12.0. The Bertz CT molecular complexity index is 994. The molecule has 1 amide bonds. The highest BCUT2D eigenvalue weighted by Crippen LogP contribution is 2.27. The lowest BCUT2D eigenvalue weighted by Gasteiger charge is -2.31. The van der Waals surface area contributed by atoms with Crippen LogP contribution in [-0.2, 0) is 9.53 Å². The number of nitrogens with two attached hydrogens (primary N) is 2. The monoisotopic (exact) mass is 394 g/mol. The zero-order chi connectivity index (χ0) is 20.4. The molecule has 0 unspecified atom stereocenters. The fourth-order valence-electron chi connectivity index (χ4n) is 3.91. The molecule has 2 fully saturated rings. The van der Waals surface area contributed by atoms with Gasteiger partial charge in [0.05, 0.1) is 11.6 Å². The standard InChI is InChI=1S/C21H26N6O2/c1-13(28)27-8-5-19(25-14-6-9-29-10-7-14)17(12-27)20(22)15-3-2-4-18-16(15)11-24-21(23)26-18/h2-4,11,14H,5-10,12,22H2,1H3,(H2,23,24,26). The van der Waals surface area contributed by atoms with Gasteiger partial charge in [0, 0.05) is 73.8 Å². The van der Waals surface area contributed by atoms with E-state index in [2.05, 4.69) is 9.97 Å². The number of carbonyl (C=O) groups is 1. The van der Waals surface area contributed by atoms with Crippen LogP contribution in [0, 0.1) is 0 Å². The largest absolute Gasteiger partial charge is 0.398 e. The summed E-state index contributed by atoms with van der Waals surface area (Å²) in [7, 11) is 0. The van der Waals surface area contributed by atoms with Gasteiger partial charge in [0.2, 0.25) is 11.9 Å². The molecule has 2 aliphatic heterocycles. The van der Waals surface area contributed by atoms with E-state index in [0.29, 0.717) is 25.2 Å². The molecule has 8 nitrogen and oxygen atoms in total. The summed E-state index contributed by atoms with van der Waals surface area (Å²) in [4.78, 5) is 27.3. The number of hydrogen-bond acceptors (Lipinski definition) is 7. The van der Waals surface area contributed by atoms with Crippen LogP contribution < -0.4 is 11.5 Å². The van der Waals surface area contributed by atoms with Crippen molar-refractivity contribution in [3.63, 3.8) is 0 Å². The van der Waals surface area contributed by atoms with Gasteiger partial charge < -0.3 is 21.1 Å². The summed E-state index contributed by atoms with van der Waals surface area (Å²) in [5.74, 6) is 0.262. The lowest BCUT2D eigenvalue weighted by Crippen LogP contribution is -2.40. The van der Waals surface area contributed by atoms with E-state index in [1.54, 1.807) is 13.1 Å². The summed E-state index contributed by atoms with van der Waals surface area (Å²) in [5, 5.41) is 0.831. The highest BCUT2D eigenvalue weighted by Gasteiger charge is 2.26. The molecule has 8 heteroatoms. The van der Waals surface area contributed by atoms with Crippen LogP contribution >= 0.6 is 0 Å². The van der Waals surface area contributed by atoms with Gasteiger partial charge in [-0.1, -0.05) is 12.1 Å². The minimum Gasteiger partial charge on any atom is -0.398 e. The van der Waals surface area contributed by atoms with Crippen molar-refractivity contribution in [2.24, 2.45) is 10.7 Å². The maximum absolute atomic E-state index is 12.0. The highest BCUT2D eigenvalue weighted by atomic mass is 16.5. The first-order chi connectivity index (χ1) is 14.0. The molecule has 29 heavy (non-hydrogen) atoms. The molecule has 2 aromatic rings. The van der Waals surface area contributed by atoms with Gasteiger partial charge in [-0.15, -0.1) is 0 Å². The number of nitrogen functional groups attached to an aromatic ring is 1. The fraction of sp³-hybridized carbons (Fsp3) is 0.429. The predicted molar refractivity (Wildman–Crippen MR) is 113 cm³/mol. The SMILES string of the molecule is CC(=O)N1CCC(=NC2CCOCC2)C(=C(N)c2cccc3nc(N)ncc23)C1. The van der Waals surface area contributed by atoms with E-state index in [0.717, 1.165) is 53.8 Å². The van der Waals surface area contributed by atoms with Crippen molar-refractivity contribution in [1.82, 2.24) is 14.9 Å². The lowest BCUT2D eigenvalue weighted by molar-refractivity contribution is -0.128. The van der Waals surface area contributed by atoms with E-state index < -0.39 is 0 Å². The molecule has 2 saturated heterocycles. The van der Waals surface area contributed by atoms with Gasteiger partial charge in [0.25, 0.3) is 0 Å². The third-order valence-electron chi connectivity index (χ3n) is 5.55. The van der Waals surface area contributed by atoms with E-state index in [-0.39, 0.29) is 17.9 Å². The van der Waals surface area contributed by atoms with Crippen LogP contribution in [-0.4, -0.2) is 58.8 Å². The summed E-state index contributed by atoms with van der Waals surface area (Å²) in [6.07, 6.45) is 4.21. The number of anilines is 1.